The number of benzene rings is 1. The predicted octanol–water partition coefficient (Wildman–Crippen LogP) is 5.46. The average Bonchev–Trinajstić information content (AvgIpc) is 2.40. The lowest BCUT2D eigenvalue weighted by molar-refractivity contribution is 0.231. The molecule has 0 saturated heterocycles. The zero-order chi connectivity index (χ0) is 14.5. The maximum atomic E-state index is 13.7. The summed E-state index contributed by atoms with van der Waals surface area (Å²) in [4.78, 5) is 0. The second kappa shape index (κ2) is 7.56. The van der Waals surface area contributed by atoms with Crippen LogP contribution in [0.5, 0.6) is 0 Å². The molecule has 1 aliphatic rings. The monoisotopic (exact) mass is 341 g/mol. The second-order valence-corrected chi connectivity index (χ2v) is 7.07. The van der Waals surface area contributed by atoms with Gasteiger partial charge in [-0.2, -0.15) is 0 Å². The van der Waals surface area contributed by atoms with E-state index in [0.29, 0.717) is 5.92 Å². The highest BCUT2D eigenvalue weighted by molar-refractivity contribution is 9.10. The van der Waals surface area contributed by atoms with Gasteiger partial charge < -0.3 is 5.32 Å². The Hall–Kier alpha value is -0.410. The fourth-order valence-corrected chi connectivity index (χ4v) is 3.71. The molecule has 0 heterocycles. The molecule has 1 aromatic carbocycles. The molecule has 0 bridgehead atoms. The molecule has 0 aliphatic heterocycles. The Labute approximate surface area is 130 Å². The average molecular weight is 342 g/mol. The number of nitrogens with one attached hydrogen (secondary N) is 1. The van der Waals surface area contributed by atoms with Crippen molar-refractivity contribution in [3.05, 3.63) is 34.1 Å². The molecule has 1 atom stereocenters. The van der Waals surface area contributed by atoms with Crippen LogP contribution in [0.4, 0.5) is 4.39 Å². The summed E-state index contributed by atoms with van der Waals surface area (Å²) in [7, 11) is 0. The molecule has 1 nitrogen and oxygen atoms in total. The summed E-state index contributed by atoms with van der Waals surface area (Å²) in [5, 5.41) is 3.64. The van der Waals surface area contributed by atoms with Crippen LogP contribution in [-0.2, 0) is 0 Å². The maximum absolute atomic E-state index is 13.7. The molecular weight excluding hydrogens is 317 g/mol. The molecule has 1 aliphatic carbocycles. The van der Waals surface area contributed by atoms with Gasteiger partial charge in [0.1, 0.15) is 5.82 Å². The zero-order valence-electron chi connectivity index (χ0n) is 12.5. The molecule has 1 aromatic rings. The van der Waals surface area contributed by atoms with E-state index in [-0.39, 0.29) is 11.9 Å². The van der Waals surface area contributed by atoms with Gasteiger partial charge >= 0.3 is 0 Å². The van der Waals surface area contributed by atoms with Gasteiger partial charge in [-0.05, 0) is 61.4 Å². The van der Waals surface area contributed by atoms with Crippen molar-refractivity contribution < 1.29 is 4.39 Å². The van der Waals surface area contributed by atoms with Crippen LogP contribution in [0.2, 0.25) is 0 Å². The third-order valence-electron chi connectivity index (χ3n) is 4.39. The first-order valence-corrected chi connectivity index (χ1v) is 8.58. The van der Waals surface area contributed by atoms with E-state index < -0.39 is 0 Å². The van der Waals surface area contributed by atoms with Crippen LogP contribution < -0.4 is 5.32 Å². The summed E-state index contributed by atoms with van der Waals surface area (Å²) < 4.78 is 14.5. The van der Waals surface area contributed by atoms with Crippen molar-refractivity contribution in [1.29, 1.82) is 0 Å². The van der Waals surface area contributed by atoms with Crippen molar-refractivity contribution in [3.8, 4) is 0 Å². The first kappa shape index (κ1) is 16.0. The highest BCUT2D eigenvalue weighted by Gasteiger charge is 2.27. The number of hydrogen-bond acceptors (Lipinski definition) is 1. The Morgan fingerprint density at radius 2 is 1.95 bits per heavy atom. The minimum Gasteiger partial charge on any atom is -0.310 e. The zero-order valence-corrected chi connectivity index (χ0v) is 14.0. The van der Waals surface area contributed by atoms with Crippen LogP contribution in [0.3, 0.4) is 0 Å². The summed E-state index contributed by atoms with van der Waals surface area (Å²) in [6.07, 6.45) is 6.19. The van der Waals surface area contributed by atoms with Gasteiger partial charge in [-0.15, -0.1) is 0 Å². The van der Waals surface area contributed by atoms with Crippen molar-refractivity contribution in [2.75, 3.05) is 6.54 Å². The van der Waals surface area contributed by atoms with Gasteiger partial charge in [-0.1, -0.05) is 42.6 Å². The topological polar surface area (TPSA) is 12.0 Å². The third kappa shape index (κ3) is 4.29. The maximum Gasteiger partial charge on any atom is 0.124 e. The lowest BCUT2D eigenvalue weighted by atomic mass is 9.77. The molecule has 1 N–H and O–H groups in total. The normalized spacial score (nSPS) is 24.6. The first-order chi connectivity index (χ1) is 9.60. The van der Waals surface area contributed by atoms with Crippen molar-refractivity contribution in [2.24, 2.45) is 11.8 Å². The predicted molar refractivity (Wildman–Crippen MR) is 86.3 cm³/mol. The lowest BCUT2D eigenvalue weighted by Crippen LogP contribution is -2.31. The summed E-state index contributed by atoms with van der Waals surface area (Å²) >= 11 is 3.42. The molecular formula is C17H25BrFN. The molecule has 112 valence electrons. The smallest absolute Gasteiger partial charge is 0.124 e. The van der Waals surface area contributed by atoms with E-state index in [4.69, 9.17) is 0 Å². The van der Waals surface area contributed by atoms with Gasteiger partial charge in [-0.25, -0.2) is 4.39 Å². The van der Waals surface area contributed by atoms with Crippen LogP contribution in [0.25, 0.3) is 0 Å². The summed E-state index contributed by atoms with van der Waals surface area (Å²) in [6.45, 7) is 5.50. The molecule has 1 saturated carbocycles. The van der Waals surface area contributed by atoms with E-state index in [0.717, 1.165) is 28.9 Å². The fourth-order valence-electron chi connectivity index (χ4n) is 3.23. The van der Waals surface area contributed by atoms with Crippen LogP contribution in [-0.4, -0.2) is 6.54 Å². The number of rotatable bonds is 5. The van der Waals surface area contributed by atoms with Crippen LogP contribution in [0.15, 0.2) is 22.7 Å². The van der Waals surface area contributed by atoms with E-state index >= 15 is 0 Å². The van der Waals surface area contributed by atoms with Gasteiger partial charge in [0.05, 0.1) is 0 Å². The van der Waals surface area contributed by atoms with Crippen molar-refractivity contribution >= 4 is 15.9 Å². The Morgan fingerprint density at radius 3 is 2.55 bits per heavy atom. The van der Waals surface area contributed by atoms with Gasteiger partial charge in [0, 0.05) is 10.5 Å². The van der Waals surface area contributed by atoms with Gasteiger partial charge in [0.25, 0.3) is 0 Å². The van der Waals surface area contributed by atoms with Crippen LogP contribution in [0.1, 0.15) is 57.6 Å². The fraction of sp³-hybridized carbons (Fsp3) is 0.647. The van der Waals surface area contributed by atoms with E-state index in [2.05, 4.69) is 41.2 Å². The minimum atomic E-state index is -0.151. The molecule has 3 heteroatoms. The SMILES string of the molecule is CCCNC(c1cc(F)cc(Br)c1)C1CCC(C)CC1. The van der Waals surface area contributed by atoms with Crippen LogP contribution >= 0.6 is 15.9 Å². The molecule has 0 aromatic heterocycles. The molecule has 20 heavy (non-hydrogen) atoms. The highest BCUT2D eigenvalue weighted by atomic mass is 79.9. The largest absolute Gasteiger partial charge is 0.310 e. The van der Waals surface area contributed by atoms with Crippen molar-refractivity contribution in [1.82, 2.24) is 5.32 Å². The molecule has 2 rings (SSSR count). The first-order valence-electron chi connectivity index (χ1n) is 7.79. The Kier molecular flexibility index (Phi) is 6.03. The Morgan fingerprint density at radius 1 is 1.25 bits per heavy atom. The molecule has 1 fully saturated rings. The summed E-state index contributed by atoms with van der Waals surface area (Å²) in [5.74, 6) is 1.32. The van der Waals surface area contributed by atoms with Crippen molar-refractivity contribution in [3.63, 3.8) is 0 Å². The quantitative estimate of drug-likeness (QED) is 0.750. The molecule has 0 spiro atoms. The second-order valence-electron chi connectivity index (χ2n) is 6.15. The molecule has 1 unspecified atom stereocenters. The number of hydrogen-bond donors (Lipinski definition) is 1. The van der Waals surface area contributed by atoms with Gasteiger partial charge in [-0.3, -0.25) is 0 Å². The molecule has 0 radical (unpaired) electrons. The highest BCUT2D eigenvalue weighted by Crippen LogP contribution is 2.37. The standard InChI is InChI=1S/C17H25BrFN/c1-3-8-20-17(13-6-4-12(2)5-7-13)14-9-15(18)11-16(19)10-14/h9-13,17,20H,3-8H2,1-2H3. The minimum absolute atomic E-state index is 0.151. The Balaban J connectivity index is 2.17. The van der Waals surface area contributed by atoms with Crippen molar-refractivity contribution in [2.45, 2.75) is 52.0 Å². The summed E-state index contributed by atoms with van der Waals surface area (Å²) in [6, 6.07) is 5.57. The van der Waals surface area contributed by atoms with E-state index in [1.165, 1.54) is 31.7 Å². The van der Waals surface area contributed by atoms with Gasteiger partial charge in [0.2, 0.25) is 0 Å². The van der Waals surface area contributed by atoms with E-state index in [9.17, 15) is 4.39 Å². The third-order valence-corrected chi connectivity index (χ3v) is 4.85. The summed E-state index contributed by atoms with van der Waals surface area (Å²) in [5.41, 5.74) is 1.09. The van der Waals surface area contributed by atoms with E-state index in [1.54, 1.807) is 6.07 Å². The van der Waals surface area contributed by atoms with Crippen LogP contribution in [0, 0.1) is 17.7 Å². The number of halogens is 2. The van der Waals surface area contributed by atoms with Gasteiger partial charge in [0.15, 0.2) is 0 Å². The lowest BCUT2D eigenvalue weighted by Gasteiger charge is -2.34. The Bertz CT molecular complexity index is 407. The van der Waals surface area contributed by atoms with E-state index in [1.807, 2.05) is 0 Å². The molecule has 0 amide bonds.